The lowest BCUT2D eigenvalue weighted by Gasteiger charge is -2.25. The van der Waals surface area contributed by atoms with Crippen molar-refractivity contribution < 1.29 is 31.1 Å². The summed E-state index contributed by atoms with van der Waals surface area (Å²) in [5.74, 6) is 0. The zero-order valence-corrected chi connectivity index (χ0v) is 24.5. The number of carbonyl (C=O) groups excluding carboxylic acids is 1. The van der Waals surface area contributed by atoms with Gasteiger partial charge in [0, 0.05) is 0 Å². The van der Waals surface area contributed by atoms with Gasteiger partial charge in [-0.15, -0.1) is 0 Å². The van der Waals surface area contributed by atoms with Crippen LogP contribution in [0.4, 0.5) is 4.79 Å². The van der Waals surface area contributed by atoms with Gasteiger partial charge in [-0.3, -0.25) is 0 Å². The molecule has 2 aromatic carbocycles. The molecule has 3 rings (SSSR count). The fourth-order valence-electron chi connectivity index (χ4n) is 4.81. The van der Waals surface area contributed by atoms with Gasteiger partial charge in [-0.25, -0.2) is 13.2 Å². The van der Waals surface area contributed by atoms with Crippen LogP contribution < -0.4 is 5.32 Å². The van der Waals surface area contributed by atoms with Crippen LogP contribution in [-0.2, 0) is 41.5 Å². The Bertz CT molecular complexity index is 1070. The summed E-state index contributed by atoms with van der Waals surface area (Å²) >= 11 is 0. The predicted octanol–water partition coefficient (Wildman–Crippen LogP) is 6.84. The second kappa shape index (κ2) is 18.1. The van der Waals surface area contributed by atoms with Gasteiger partial charge in [-0.2, -0.15) is 8.42 Å². The molecule has 1 heterocycles. The first-order chi connectivity index (χ1) is 19.5. The molecule has 40 heavy (non-hydrogen) atoms. The van der Waals surface area contributed by atoms with Crippen LogP contribution in [0, 0.1) is 0 Å². The summed E-state index contributed by atoms with van der Waals surface area (Å²) in [6, 6.07) is 18.2. The number of benzene rings is 2. The molecule has 1 aliphatic rings. The van der Waals surface area contributed by atoms with Crippen molar-refractivity contribution in [3.63, 3.8) is 0 Å². The minimum atomic E-state index is -4.17. The summed E-state index contributed by atoms with van der Waals surface area (Å²) in [5, 5.41) is 2.77. The standard InChI is InChI=1S/C31H45NO7S/c1-2-3-4-5-6-7-8-9-10-17-22-29-30(39-40(34,35)38-29)28(25-36-23-26-18-13-11-14-19-26)32-31(33)37-24-27-20-15-12-16-21-27/h11-16,18-21,28-30H,2-10,17,22-25H2,1H3,(H,32,33)/t28-,29+,30+/m0/s1. The second-order valence-electron chi connectivity index (χ2n) is 10.4. The van der Waals surface area contributed by atoms with E-state index in [1.54, 1.807) is 0 Å². The molecule has 0 radical (unpaired) electrons. The molecule has 0 unspecified atom stereocenters. The Morgan fingerprint density at radius 1 is 0.800 bits per heavy atom. The normalized spacial score (nSPS) is 18.8. The average Bonchev–Trinajstić information content (AvgIpc) is 3.27. The summed E-state index contributed by atoms with van der Waals surface area (Å²) in [6.45, 7) is 2.66. The van der Waals surface area contributed by atoms with Crippen LogP contribution in [0.2, 0.25) is 0 Å². The lowest BCUT2D eigenvalue weighted by molar-refractivity contribution is 0.0337. The van der Waals surface area contributed by atoms with Crippen LogP contribution in [0.3, 0.4) is 0 Å². The van der Waals surface area contributed by atoms with Crippen LogP contribution in [-0.4, -0.2) is 39.4 Å². The van der Waals surface area contributed by atoms with E-state index in [4.69, 9.17) is 17.8 Å². The van der Waals surface area contributed by atoms with E-state index in [0.717, 1.165) is 30.4 Å². The van der Waals surface area contributed by atoms with E-state index in [2.05, 4.69) is 12.2 Å². The third-order valence-corrected chi connectivity index (χ3v) is 7.94. The van der Waals surface area contributed by atoms with E-state index >= 15 is 0 Å². The topological polar surface area (TPSA) is 100 Å². The second-order valence-corrected chi connectivity index (χ2v) is 11.6. The van der Waals surface area contributed by atoms with Crippen molar-refractivity contribution in [2.75, 3.05) is 6.61 Å². The summed E-state index contributed by atoms with van der Waals surface area (Å²) in [4.78, 5) is 12.7. The number of amides is 1. The van der Waals surface area contributed by atoms with Crippen LogP contribution in [0.5, 0.6) is 0 Å². The molecule has 1 aliphatic heterocycles. The van der Waals surface area contributed by atoms with Gasteiger partial charge in [0.05, 0.1) is 19.3 Å². The number of carbonyl (C=O) groups is 1. The maximum Gasteiger partial charge on any atom is 0.407 e. The third-order valence-electron chi connectivity index (χ3n) is 7.00. The number of rotatable bonds is 19. The van der Waals surface area contributed by atoms with Gasteiger partial charge in [-0.1, -0.05) is 132 Å². The summed E-state index contributed by atoms with van der Waals surface area (Å²) in [6.07, 6.45) is 9.99. The Hall–Kier alpha value is -2.46. The van der Waals surface area contributed by atoms with Crippen LogP contribution >= 0.6 is 0 Å². The maximum atomic E-state index is 12.7. The highest BCUT2D eigenvalue weighted by Gasteiger charge is 2.45. The fourth-order valence-corrected chi connectivity index (χ4v) is 5.90. The molecule has 222 valence electrons. The molecule has 8 nitrogen and oxygen atoms in total. The van der Waals surface area contributed by atoms with Crippen molar-refractivity contribution in [3.05, 3.63) is 71.8 Å². The zero-order valence-electron chi connectivity index (χ0n) is 23.7. The van der Waals surface area contributed by atoms with Crippen LogP contribution in [0.25, 0.3) is 0 Å². The molecule has 1 N–H and O–H groups in total. The number of nitrogens with one attached hydrogen (secondary N) is 1. The molecule has 3 atom stereocenters. The van der Waals surface area contributed by atoms with Gasteiger partial charge >= 0.3 is 16.5 Å². The van der Waals surface area contributed by atoms with Gasteiger partial charge in [0.15, 0.2) is 0 Å². The quantitative estimate of drug-likeness (QED) is 0.183. The van der Waals surface area contributed by atoms with Gasteiger partial charge in [0.2, 0.25) is 0 Å². The first-order valence-electron chi connectivity index (χ1n) is 14.7. The molecule has 0 aromatic heterocycles. The van der Waals surface area contributed by atoms with Crippen molar-refractivity contribution in [1.29, 1.82) is 0 Å². The summed E-state index contributed by atoms with van der Waals surface area (Å²) in [5.41, 5.74) is 1.81. The number of unbranched alkanes of at least 4 members (excludes halogenated alkanes) is 9. The van der Waals surface area contributed by atoms with E-state index < -0.39 is 34.7 Å². The third kappa shape index (κ3) is 12.4. The van der Waals surface area contributed by atoms with Crippen molar-refractivity contribution >= 4 is 16.5 Å². The van der Waals surface area contributed by atoms with E-state index in [1.165, 1.54) is 44.9 Å². The number of alkyl carbamates (subject to hydrolysis) is 1. The molecule has 0 aliphatic carbocycles. The molecule has 9 heteroatoms. The molecule has 0 saturated carbocycles. The molecule has 0 spiro atoms. The first kappa shape index (κ1) is 32.1. The van der Waals surface area contributed by atoms with Gasteiger partial charge in [0.25, 0.3) is 0 Å². The first-order valence-corrected chi connectivity index (χ1v) is 16.0. The Kier molecular flexibility index (Phi) is 14.5. The highest BCUT2D eigenvalue weighted by molar-refractivity contribution is 7.82. The number of ether oxygens (including phenoxy) is 2. The summed E-state index contributed by atoms with van der Waals surface area (Å²) in [7, 11) is -4.17. The SMILES string of the molecule is CCCCCCCCCCCC[C@H]1OS(=O)(=O)O[C@@H]1[C@H](COCc1ccccc1)NC(=O)OCc1ccccc1. The molecular formula is C31H45NO7S. The van der Waals surface area contributed by atoms with E-state index in [-0.39, 0.29) is 13.2 Å². The van der Waals surface area contributed by atoms with Crippen molar-refractivity contribution in [1.82, 2.24) is 5.32 Å². The van der Waals surface area contributed by atoms with Crippen LogP contribution in [0.15, 0.2) is 60.7 Å². The van der Waals surface area contributed by atoms with Crippen molar-refractivity contribution in [3.8, 4) is 0 Å². The van der Waals surface area contributed by atoms with Crippen molar-refractivity contribution in [2.45, 2.75) is 109 Å². The van der Waals surface area contributed by atoms with Gasteiger partial charge in [-0.05, 0) is 17.5 Å². The molecule has 0 bridgehead atoms. The highest BCUT2D eigenvalue weighted by Crippen LogP contribution is 2.28. The van der Waals surface area contributed by atoms with E-state index in [0.29, 0.717) is 13.0 Å². The minimum absolute atomic E-state index is 0.0351. The molecule has 1 fully saturated rings. The van der Waals surface area contributed by atoms with Gasteiger partial charge < -0.3 is 14.8 Å². The highest BCUT2D eigenvalue weighted by atomic mass is 32.3. The van der Waals surface area contributed by atoms with Crippen molar-refractivity contribution in [2.24, 2.45) is 0 Å². The lowest BCUT2D eigenvalue weighted by atomic mass is 9.99. The average molecular weight is 576 g/mol. The summed E-state index contributed by atoms with van der Waals surface area (Å²) < 4.78 is 46.5. The number of hydrogen-bond acceptors (Lipinski definition) is 7. The minimum Gasteiger partial charge on any atom is -0.445 e. The lowest BCUT2D eigenvalue weighted by Crippen LogP contribution is -2.50. The molecule has 1 saturated heterocycles. The smallest absolute Gasteiger partial charge is 0.407 e. The molecule has 1 amide bonds. The Balaban J connectivity index is 1.52. The Labute approximate surface area is 240 Å². The van der Waals surface area contributed by atoms with E-state index in [1.807, 2.05) is 60.7 Å². The maximum absolute atomic E-state index is 12.7. The fraction of sp³-hybridized carbons (Fsp3) is 0.581. The largest absolute Gasteiger partial charge is 0.445 e. The van der Waals surface area contributed by atoms with Gasteiger partial charge in [0.1, 0.15) is 18.8 Å². The van der Waals surface area contributed by atoms with E-state index in [9.17, 15) is 13.2 Å². The number of hydrogen-bond donors (Lipinski definition) is 1. The molecule has 2 aromatic rings. The predicted molar refractivity (Wildman–Crippen MR) is 155 cm³/mol. The molecular weight excluding hydrogens is 530 g/mol. The Morgan fingerprint density at radius 2 is 1.35 bits per heavy atom. The van der Waals surface area contributed by atoms with Crippen LogP contribution in [0.1, 0.15) is 88.7 Å². The Morgan fingerprint density at radius 3 is 1.95 bits per heavy atom. The monoisotopic (exact) mass is 575 g/mol. The zero-order chi connectivity index (χ0) is 28.5.